The molecule has 0 aliphatic heterocycles. The molecular formula is C27H25NO3S. The van der Waals surface area contributed by atoms with E-state index in [9.17, 15) is 9.59 Å². The molecular weight excluding hydrogens is 418 g/mol. The van der Waals surface area contributed by atoms with E-state index in [-0.39, 0.29) is 18.9 Å². The number of ether oxygens (including phenoxy) is 1. The highest BCUT2D eigenvalue weighted by Crippen LogP contribution is 2.38. The number of hydrogen-bond acceptors (Lipinski definition) is 4. The van der Waals surface area contributed by atoms with Gasteiger partial charge in [-0.3, -0.25) is 4.79 Å². The summed E-state index contributed by atoms with van der Waals surface area (Å²) in [7, 11) is 0. The van der Waals surface area contributed by atoms with Crippen molar-refractivity contribution >= 4 is 39.0 Å². The predicted octanol–water partition coefficient (Wildman–Crippen LogP) is 6.54. The highest BCUT2D eigenvalue weighted by molar-refractivity contribution is 7.15. The lowest BCUT2D eigenvalue weighted by atomic mass is 9.97. The van der Waals surface area contributed by atoms with Crippen molar-refractivity contribution in [2.45, 2.75) is 27.2 Å². The monoisotopic (exact) mass is 443 g/mol. The summed E-state index contributed by atoms with van der Waals surface area (Å²) in [6, 6.07) is 20.1. The average molecular weight is 444 g/mol. The second kappa shape index (κ2) is 9.37. The molecule has 0 radical (unpaired) electrons. The van der Waals surface area contributed by atoms with Crippen LogP contribution in [0.15, 0.2) is 66.0 Å². The fourth-order valence-electron chi connectivity index (χ4n) is 3.96. The maximum atomic E-state index is 13.0. The molecule has 0 aliphatic carbocycles. The molecule has 162 valence electrons. The lowest BCUT2D eigenvalue weighted by molar-refractivity contribution is -0.115. The van der Waals surface area contributed by atoms with Crippen molar-refractivity contribution in [2.75, 3.05) is 11.9 Å². The Hall–Kier alpha value is -3.44. The second-order valence-corrected chi connectivity index (χ2v) is 8.64. The molecule has 1 aromatic heterocycles. The van der Waals surface area contributed by atoms with Crippen LogP contribution < -0.4 is 5.32 Å². The van der Waals surface area contributed by atoms with Gasteiger partial charge in [-0.05, 0) is 48.2 Å². The summed E-state index contributed by atoms with van der Waals surface area (Å²) in [6.45, 7) is 6.10. The zero-order valence-electron chi connectivity index (χ0n) is 18.4. The number of carbonyl (C=O) groups is 2. The van der Waals surface area contributed by atoms with Gasteiger partial charge in [-0.25, -0.2) is 4.79 Å². The molecule has 32 heavy (non-hydrogen) atoms. The number of carbonyl (C=O) groups excluding carboxylic acids is 2. The van der Waals surface area contributed by atoms with Crippen molar-refractivity contribution < 1.29 is 14.3 Å². The van der Waals surface area contributed by atoms with E-state index >= 15 is 0 Å². The van der Waals surface area contributed by atoms with Crippen LogP contribution in [0.5, 0.6) is 0 Å². The number of anilines is 1. The molecule has 1 heterocycles. The first-order chi connectivity index (χ1) is 15.5. The SMILES string of the molecule is CCOC(=O)c1c(-c2ccc(C)cc2C)csc1NC(=O)Cc1cccc2ccccc12. The van der Waals surface area contributed by atoms with E-state index in [1.165, 1.54) is 11.3 Å². The first-order valence-electron chi connectivity index (χ1n) is 10.6. The Labute approximate surface area is 191 Å². The Morgan fingerprint density at radius 1 is 0.969 bits per heavy atom. The van der Waals surface area contributed by atoms with E-state index in [2.05, 4.69) is 11.4 Å². The molecule has 0 spiro atoms. The highest BCUT2D eigenvalue weighted by Gasteiger charge is 2.23. The lowest BCUT2D eigenvalue weighted by Gasteiger charge is -2.11. The third-order valence-electron chi connectivity index (χ3n) is 5.43. The zero-order valence-corrected chi connectivity index (χ0v) is 19.2. The van der Waals surface area contributed by atoms with Crippen LogP contribution in [0.25, 0.3) is 21.9 Å². The quantitative estimate of drug-likeness (QED) is 0.344. The van der Waals surface area contributed by atoms with Crippen LogP contribution in [-0.4, -0.2) is 18.5 Å². The molecule has 5 heteroatoms. The smallest absolute Gasteiger partial charge is 0.341 e. The first kappa shape index (κ1) is 21.8. The first-order valence-corrected chi connectivity index (χ1v) is 11.5. The number of fused-ring (bicyclic) bond motifs is 1. The summed E-state index contributed by atoms with van der Waals surface area (Å²) in [5.41, 5.74) is 5.33. The number of aryl methyl sites for hydroxylation is 2. The van der Waals surface area contributed by atoms with Gasteiger partial charge in [0.2, 0.25) is 5.91 Å². The normalized spacial score (nSPS) is 10.8. The maximum Gasteiger partial charge on any atom is 0.341 e. The fourth-order valence-corrected chi connectivity index (χ4v) is 4.92. The largest absolute Gasteiger partial charge is 0.462 e. The topological polar surface area (TPSA) is 55.4 Å². The van der Waals surface area contributed by atoms with Crippen LogP contribution in [0.3, 0.4) is 0 Å². The zero-order chi connectivity index (χ0) is 22.7. The third-order valence-corrected chi connectivity index (χ3v) is 6.32. The number of nitrogens with one attached hydrogen (secondary N) is 1. The molecule has 0 saturated carbocycles. The fraction of sp³-hybridized carbons (Fsp3) is 0.185. The van der Waals surface area contributed by atoms with Gasteiger partial charge in [0.1, 0.15) is 10.6 Å². The highest BCUT2D eigenvalue weighted by atomic mass is 32.1. The molecule has 0 unspecified atom stereocenters. The van der Waals surface area contributed by atoms with Crippen molar-refractivity contribution in [1.82, 2.24) is 0 Å². The van der Waals surface area contributed by atoms with E-state index in [1.54, 1.807) is 6.92 Å². The van der Waals surface area contributed by atoms with Crippen molar-refractivity contribution in [3.05, 3.63) is 88.3 Å². The van der Waals surface area contributed by atoms with E-state index in [4.69, 9.17) is 4.74 Å². The van der Waals surface area contributed by atoms with Crippen LogP contribution in [-0.2, 0) is 16.0 Å². The summed E-state index contributed by atoms with van der Waals surface area (Å²) in [5, 5.41) is 7.54. The summed E-state index contributed by atoms with van der Waals surface area (Å²) in [5.74, 6) is -0.592. The molecule has 4 aromatic rings. The summed E-state index contributed by atoms with van der Waals surface area (Å²) < 4.78 is 5.33. The predicted molar refractivity (Wildman–Crippen MR) is 131 cm³/mol. The minimum atomic E-state index is -0.427. The number of benzene rings is 3. The molecule has 1 amide bonds. The molecule has 0 saturated heterocycles. The van der Waals surface area contributed by atoms with E-state index in [0.29, 0.717) is 10.6 Å². The van der Waals surface area contributed by atoms with Crippen molar-refractivity contribution in [2.24, 2.45) is 0 Å². The van der Waals surface area contributed by atoms with Crippen LogP contribution in [0.2, 0.25) is 0 Å². The Morgan fingerprint density at radius 2 is 1.75 bits per heavy atom. The van der Waals surface area contributed by atoms with Gasteiger partial charge in [0.25, 0.3) is 0 Å². The van der Waals surface area contributed by atoms with Crippen molar-refractivity contribution in [1.29, 1.82) is 0 Å². The number of hydrogen-bond donors (Lipinski definition) is 1. The molecule has 0 atom stereocenters. The Bertz CT molecular complexity index is 1300. The van der Waals surface area contributed by atoms with Crippen molar-refractivity contribution in [3.8, 4) is 11.1 Å². The number of amides is 1. The molecule has 4 nitrogen and oxygen atoms in total. The molecule has 0 fully saturated rings. The van der Waals surface area contributed by atoms with Gasteiger partial charge in [0, 0.05) is 10.9 Å². The van der Waals surface area contributed by atoms with Gasteiger partial charge >= 0.3 is 5.97 Å². The van der Waals surface area contributed by atoms with Gasteiger partial charge in [-0.1, -0.05) is 66.2 Å². The average Bonchev–Trinajstić information content (AvgIpc) is 3.17. The Balaban J connectivity index is 1.66. The minimum Gasteiger partial charge on any atom is -0.462 e. The van der Waals surface area contributed by atoms with Crippen LogP contribution in [0.1, 0.15) is 34.0 Å². The van der Waals surface area contributed by atoms with Gasteiger partial charge in [-0.15, -0.1) is 11.3 Å². The molecule has 0 bridgehead atoms. The minimum absolute atomic E-state index is 0.166. The van der Waals surface area contributed by atoms with Gasteiger partial charge in [-0.2, -0.15) is 0 Å². The van der Waals surface area contributed by atoms with Crippen molar-refractivity contribution in [3.63, 3.8) is 0 Å². The molecule has 1 N–H and O–H groups in total. The van der Waals surface area contributed by atoms with Gasteiger partial charge < -0.3 is 10.1 Å². The standard InChI is InChI=1S/C27H25NO3S/c1-4-31-27(30)25-23(21-13-12-17(2)14-18(21)3)16-32-26(25)28-24(29)15-20-10-7-9-19-8-5-6-11-22(19)20/h5-14,16H,4,15H2,1-3H3,(H,28,29). The van der Waals surface area contributed by atoms with Gasteiger partial charge in [0.15, 0.2) is 0 Å². The summed E-state index contributed by atoms with van der Waals surface area (Å²) in [6.07, 6.45) is 0.223. The van der Waals surface area contributed by atoms with Crippen LogP contribution in [0.4, 0.5) is 5.00 Å². The number of esters is 1. The van der Waals surface area contributed by atoms with Gasteiger partial charge in [0.05, 0.1) is 13.0 Å². The summed E-state index contributed by atoms with van der Waals surface area (Å²) >= 11 is 1.35. The molecule has 3 aromatic carbocycles. The third kappa shape index (κ3) is 4.43. The molecule has 0 aliphatic rings. The van der Waals surface area contributed by atoms with Crippen LogP contribution >= 0.6 is 11.3 Å². The Kier molecular flexibility index (Phi) is 6.37. The number of rotatable bonds is 6. The van der Waals surface area contributed by atoms with E-state index in [1.807, 2.05) is 73.8 Å². The molecule has 4 rings (SSSR count). The Morgan fingerprint density at radius 3 is 2.53 bits per heavy atom. The number of thiophene rings is 1. The summed E-state index contributed by atoms with van der Waals surface area (Å²) in [4.78, 5) is 25.8. The van der Waals surface area contributed by atoms with E-state index < -0.39 is 5.97 Å². The lowest BCUT2D eigenvalue weighted by Crippen LogP contribution is -2.16. The van der Waals surface area contributed by atoms with Crippen LogP contribution in [0, 0.1) is 13.8 Å². The second-order valence-electron chi connectivity index (χ2n) is 7.76. The maximum absolute atomic E-state index is 13.0. The van der Waals surface area contributed by atoms with E-state index in [0.717, 1.165) is 38.6 Å².